The van der Waals surface area contributed by atoms with E-state index in [-0.39, 0.29) is 0 Å². The highest BCUT2D eigenvalue weighted by atomic mass is 32.3. The average molecular weight is 197 g/mol. The molecule has 0 unspecified atom stereocenters. The summed E-state index contributed by atoms with van der Waals surface area (Å²) in [5.74, 6) is 0. The van der Waals surface area contributed by atoms with E-state index in [2.05, 4.69) is 0 Å². The van der Waals surface area contributed by atoms with E-state index in [0.29, 0.717) is 0 Å². The molecule has 0 heterocycles. The van der Waals surface area contributed by atoms with Crippen molar-refractivity contribution in [3.05, 3.63) is 0 Å². The number of hydrogen-bond donors (Lipinski definition) is 1. The van der Waals surface area contributed by atoms with Crippen molar-refractivity contribution in [1.82, 2.24) is 3.87 Å². The summed E-state index contributed by atoms with van der Waals surface area (Å²) in [5.41, 5.74) is 0. The molecule has 0 amide bonds. The molecule has 0 aliphatic rings. The minimum Gasteiger partial charge on any atom is -0.282 e. The minimum atomic E-state index is -5.93. The molecule has 0 radical (unpaired) electrons. The van der Waals surface area contributed by atoms with Crippen LogP contribution in [0.4, 0.5) is 7.77 Å². The van der Waals surface area contributed by atoms with Crippen molar-refractivity contribution in [3.63, 3.8) is 0 Å². The number of hydrogen-bond acceptors (Lipinski definition) is 5. The fourth-order valence-corrected chi connectivity index (χ4v) is 0.957. The number of halogens is 2. The molecule has 6 nitrogen and oxygen atoms in total. The van der Waals surface area contributed by atoms with E-state index in [4.69, 9.17) is 5.21 Å². The van der Waals surface area contributed by atoms with Crippen molar-refractivity contribution < 1.29 is 29.8 Å². The summed E-state index contributed by atoms with van der Waals surface area (Å²) in [5, 5.41) is 7.63. The molecule has 10 heteroatoms. The lowest BCUT2D eigenvalue weighted by molar-refractivity contribution is 0.0818. The summed E-state index contributed by atoms with van der Waals surface area (Å²) in [7, 11) is -11.9. The maximum atomic E-state index is 11.3. The van der Waals surface area contributed by atoms with Crippen molar-refractivity contribution in [1.29, 1.82) is 0 Å². The lowest BCUT2D eigenvalue weighted by Gasteiger charge is -1.99. The number of rotatable bonds is 2. The Bertz CT molecular complexity index is 267. The van der Waals surface area contributed by atoms with E-state index >= 15 is 0 Å². The molecular weight excluding hydrogens is 196 g/mol. The van der Waals surface area contributed by atoms with Gasteiger partial charge in [0, 0.05) is 0 Å². The summed E-state index contributed by atoms with van der Waals surface area (Å²) < 4.78 is 58.1. The second kappa shape index (κ2) is 2.38. The molecule has 10 heavy (non-hydrogen) atoms. The van der Waals surface area contributed by atoms with Crippen LogP contribution < -0.4 is 0 Å². The summed E-state index contributed by atoms with van der Waals surface area (Å²) in [6.45, 7) is 0. The maximum absolute atomic E-state index is 11.3. The van der Waals surface area contributed by atoms with Gasteiger partial charge in [0.15, 0.2) is 0 Å². The molecule has 0 bridgehead atoms. The van der Waals surface area contributed by atoms with Crippen LogP contribution in [0.15, 0.2) is 0 Å². The van der Waals surface area contributed by atoms with Gasteiger partial charge in [-0.1, -0.05) is 7.77 Å². The van der Waals surface area contributed by atoms with E-state index in [1.165, 1.54) is 0 Å². The molecule has 1 N–H and O–H groups in total. The van der Waals surface area contributed by atoms with Gasteiger partial charge < -0.3 is 0 Å². The molecule has 0 aromatic carbocycles. The first-order valence-electron chi connectivity index (χ1n) is 1.54. The van der Waals surface area contributed by atoms with Gasteiger partial charge in [-0.15, -0.1) is 0 Å². The monoisotopic (exact) mass is 197 g/mol. The average Bonchev–Trinajstić information content (AvgIpc) is 1.59. The third-order valence-electron chi connectivity index (χ3n) is 0.373. The molecule has 0 aromatic rings. The van der Waals surface area contributed by atoms with E-state index in [1.54, 1.807) is 0 Å². The lowest BCUT2D eigenvalue weighted by atomic mass is 13.5. The summed E-state index contributed by atoms with van der Waals surface area (Å²) in [6, 6.07) is 0. The van der Waals surface area contributed by atoms with Crippen LogP contribution in [0.3, 0.4) is 0 Å². The predicted molar refractivity (Wildman–Crippen MR) is 23.7 cm³/mol. The van der Waals surface area contributed by atoms with Crippen LogP contribution in [-0.2, 0) is 20.8 Å². The second-order valence-electron chi connectivity index (χ2n) is 1.06. The maximum Gasteiger partial charge on any atom is 0.413 e. The van der Waals surface area contributed by atoms with Crippen LogP contribution in [0.2, 0.25) is 0 Å². The Kier molecular flexibility index (Phi) is 2.30. The van der Waals surface area contributed by atoms with Crippen molar-refractivity contribution in [2.24, 2.45) is 0 Å². The molecule has 0 aliphatic carbocycles. The van der Waals surface area contributed by atoms with Crippen molar-refractivity contribution in [2.75, 3.05) is 0 Å². The molecule has 0 atom stereocenters. The van der Waals surface area contributed by atoms with Gasteiger partial charge in [0.2, 0.25) is 0 Å². The largest absolute Gasteiger partial charge is 0.413 e. The minimum absolute atomic E-state index is 2.01. The van der Waals surface area contributed by atoms with Crippen LogP contribution in [0.1, 0.15) is 0 Å². The van der Waals surface area contributed by atoms with E-state index < -0.39 is 24.7 Å². The Labute approximate surface area is 55.3 Å². The predicted octanol–water partition coefficient (Wildman–Crippen LogP) is -0.894. The van der Waals surface area contributed by atoms with Gasteiger partial charge in [0.05, 0.1) is 3.87 Å². The van der Waals surface area contributed by atoms with Crippen molar-refractivity contribution in [2.45, 2.75) is 0 Å². The van der Waals surface area contributed by atoms with Gasteiger partial charge in [-0.05, 0) is 0 Å². The van der Waals surface area contributed by atoms with E-state index in [9.17, 15) is 24.6 Å². The van der Waals surface area contributed by atoms with Crippen LogP contribution in [0.25, 0.3) is 0 Å². The smallest absolute Gasteiger partial charge is 0.282 e. The summed E-state index contributed by atoms with van der Waals surface area (Å²) in [6.07, 6.45) is 0. The molecule has 0 aliphatic heterocycles. The fraction of sp³-hybridized carbons (Fsp3) is 0. The van der Waals surface area contributed by atoms with Crippen LogP contribution >= 0.6 is 0 Å². The SMILES string of the molecule is O=S(=O)(F)N(O)S(=O)(=O)F. The molecule has 0 rings (SSSR count). The highest BCUT2D eigenvalue weighted by Gasteiger charge is 2.32. The second-order valence-corrected chi connectivity index (χ2v) is 3.63. The molecule has 62 valence electrons. The number of nitrogens with zero attached hydrogens (tertiary/aromatic N) is 1. The van der Waals surface area contributed by atoms with Crippen molar-refractivity contribution >= 4 is 20.8 Å². The Morgan fingerprint density at radius 2 is 1.20 bits per heavy atom. The van der Waals surface area contributed by atoms with E-state index in [0.717, 1.165) is 0 Å². The Balaban J connectivity index is 4.94. The summed E-state index contributed by atoms with van der Waals surface area (Å²) >= 11 is 0. The molecular formula is HF2NO5S2. The zero-order valence-corrected chi connectivity index (χ0v) is 5.73. The molecule has 0 spiro atoms. The van der Waals surface area contributed by atoms with Gasteiger partial charge in [-0.3, -0.25) is 5.21 Å². The molecule has 0 fully saturated rings. The van der Waals surface area contributed by atoms with Gasteiger partial charge in [0.25, 0.3) is 0 Å². The normalized spacial score (nSPS) is 14.0. The van der Waals surface area contributed by atoms with Gasteiger partial charge in [-0.25, -0.2) is 0 Å². The molecule has 0 saturated heterocycles. The Hall–Kier alpha value is -0.320. The lowest BCUT2D eigenvalue weighted by Crippen LogP contribution is -2.27. The standard InChI is InChI=1S/F2HNO5S2/c1-9(5,6)3(4)10(2,7)8/h4H. The fourth-order valence-electron chi connectivity index (χ4n) is 0.106. The van der Waals surface area contributed by atoms with Gasteiger partial charge in [0.1, 0.15) is 0 Å². The first-order valence-corrected chi connectivity index (χ1v) is 4.22. The first kappa shape index (κ1) is 9.68. The van der Waals surface area contributed by atoms with Gasteiger partial charge >= 0.3 is 20.8 Å². The van der Waals surface area contributed by atoms with Crippen LogP contribution in [0.5, 0.6) is 0 Å². The van der Waals surface area contributed by atoms with Crippen LogP contribution in [0, 0.1) is 0 Å². The highest BCUT2D eigenvalue weighted by molar-refractivity contribution is 7.98. The van der Waals surface area contributed by atoms with Crippen LogP contribution in [-0.4, -0.2) is 25.9 Å². The topological polar surface area (TPSA) is 91.8 Å². The quantitative estimate of drug-likeness (QED) is 0.457. The van der Waals surface area contributed by atoms with Crippen molar-refractivity contribution in [3.8, 4) is 0 Å². The Morgan fingerprint density at radius 1 is 1.00 bits per heavy atom. The molecule has 0 saturated carbocycles. The van der Waals surface area contributed by atoms with Gasteiger partial charge in [-0.2, -0.15) is 16.8 Å². The molecule has 0 aromatic heterocycles. The zero-order valence-electron chi connectivity index (χ0n) is 4.10. The highest BCUT2D eigenvalue weighted by Crippen LogP contribution is 2.06. The zero-order chi connectivity index (χ0) is 8.58. The summed E-state index contributed by atoms with van der Waals surface area (Å²) in [4.78, 5) is 0. The third-order valence-corrected chi connectivity index (χ3v) is 2.19. The van der Waals surface area contributed by atoms with E-state index in [1.807, 2.05) is 0 Å². The third kappa shape index (κ3) is 2.51. The first-order chi connectivity index (χ1) is 4.15. The Morgan fingerprint density at radius 3 is 1.20 bits per heavy atom.